The lowest BCUT2D eigenvalue weighted by Gasteiger charge is -2.28. The second-order valence-corrected chi connectivity index (χ2v) is 6.64. The van der Waals surface area contributed by atoms with E-state index in [1.807, 2.05) is 0 Å². The summed E-state index contributed by atoms with van der Waals surface area (Å²) in [5, 5.41) is 3.23. The molecule has 0 radical (unpaired) electrons. The van der Waals surface area contributed by atoms with Gasteiger partial charge in [-0.15, -0.1) is 0 Å². The molecule has 6 heteroatoms. The molecular weight excluding hydrogens is 279 g/mol. The number of rotatable bonds is 2. The standard InChI is InChI=1S/C15H20F3N3/c16-15(17,18)14(6-7-14)21-12-5-8-19-9-11(12)20-13(21)10-3-1-2-4-10/h10,19H,1-9H2. The van der Waals surface area contributed by atoms with Crippen LogP contribution in [0.15, 0.2) is 0 Å². The number of hydrogen-bond acceptors (Lipinski definition) is 2. The summed E-state index contributed by atoms with van der Waals surface area (Å²) >= 11 is 0. The number of imidazole rings is 1. The number of halogens is 3. The normalized spacial score (nSPS) is 25.1. The summed E-state index contributed by atoms with van der Waals surface area (Å²) < 4.78 is 42.5. The fourth-order valence-corrected chi connectivity index (χ4v) is 4.02. The first-order valence-corrected chi connectivity index (χ1v) is 7.91. The molecule has 2 heterocycles. The Kier molecular flexibility index (Phi) is 2.90. The van der Waals surface area contributed by atoms with Crippen molar-refractivity contribution in [1.29, 1.82) is 0 Å². The molecule has 0 bridgehead atoms. The van der Waals surface area contributed by atoms with Crippen molar-refractivity contribution < 1.29 is 13.2 Å². The van der Waals surface area contributed by atoms with Gasteiger partial charge in [0.2, 0.25) is 0 Å². The zero-order valence-electron chi connectivity index (χ0n) is 12.0. The van der Waals surface area contributed by atoms with Gasteiger partial charge in [-0.3, -0.25) is 0 Å². The van der Waals surface area contributed by atoms with Gasteiger partial charge in [0.1, 0.15) is 11.4 Å². The Balaban J connectivity index is 1.85. The highest BCUT2D eigenvalue weighted by Gasteiger charge is 2.66. The maximum absolute atomic E-state index is 13.6. The summed E-state index contributed by atoms with van der Waals surface area (Å²) in [7, 11) is 0. The van der Waals surface area contributed by atoms with Gasteiger partial charge >= 0.3 is 6.18 Å². The lowest BCUT2D eigenvalue weighted by atomic mass is 10.1. The zero-order chi connectivity index (χ0) is 14.7. The Labute approximate surface area is 121 Å². The maximum atomic E-state index is 13.6. The molecule has 116 valence electrons. The number of aromatic nitrogens is 2. The molecule has 2 fully saturated rings. The minimum atomic E-state index is -4.17. The van der Waals surface area contributed by atoms with Gasteiger partial charge in [0.15, 0.2) is 0 Å². The largest absolute Gasteiger partial charge is 0.411 e. The van der Waals surface area contributed by atoms with Crippen LogP contribution in [0.4, 0.5) is 13.2 Å². The Morgan fingerprint density at radius 2 is 1.90 bits per heavy atom. The molecule has 0 aromatic carbocycles. The molecule has 21 heavy (non-hydrogen) atoms. The first-order valence-electron chi connectivity index (χ1n) is 7.91. The van der Waals surface area contributed by atoms with Gasteiger partial charge in [0.05, 0.1) is 5.69 Å². The predicted molar refractivity (Wildman–Crippen MR) is 72.1 cm³/mol. The van der Waals surface area contributed by atoms with Crippen LogP contribution in [0.2, 0.25) is 0 Å². The fourth-order valence-electron chi connectivity index (χ4n) is 4.02. The summed E-state index contributed by atoms with van der Waals surface area (Å²) in [4.78, 5) is 4.65. The van der Waals surface area contributed by atoms with E-state index in [1.165, 1.54) is 0 Å². The number of fused-ring (bicyclic) bond motifs is 1. The average Bonchev–Trinajstić information content (AvgIpc) is 2.95. The molecule has 0 unspecified atom stereocenters. The molecule has 4 rings (SSSR count). The highest BCUT2D eigenvalue weighted by Crippen LogP contribution is 2.57. The van der Waals surface area contributed by atoms with Gasteiger partial charge in [-0.25, -0.2) is 4.98 Å². The van der Waals surface area contributed by atoms with Crippen LogP contribution in [0, 0.1) is 0 Å². The molecule has 1 aliphatic heterocycles. The van der Waals surface area contributed by atoms with Crippen LogP contribution in [-0.4, -0.2) is 22.3 Å². The van der Waals surface area contributed by atoms with E-state index >= 15 is 0 Å². The first kappa shape index (κ1) is 13.6. The van der Waals surface area contributed by atoms with Gasteiger partial charge in [0, 0.05) is 31.1 Å². The number of hydrogen-bond donors (Lipinski definition) is 1. The smallest absolute Gasteiger partial charge is 0.316 e. The van der Waals surface area contributed by atoms with Crippen molar-refractivity contribution in [3.63, 3.8) is 0 Å². The van der Waals surface area contributed by atoms with Crippen molar-refractivity contribution in [3.8, 4) is 0 Å². The van der Waals surface area contributed by atoms with E-state index in [-0.39, 0.29) is 18.8 Å². The zero-order valence-corrected chi connectivity index (χ0v) is 12.0. The lowest BCUT2D eigenvalue weighted by Crippen LogP contribution is -2.38. The van der Waals surface area contributed by atoms with Crippen LogP contribution < -0.4 is 5.32 Å². The quantitative estimate of drug-likeness (QED) is 0.908. The third-order valence-corrected chi connectivity index (χ3v) is 5.31. The van der Waals surface area contributed by atoms with Gasteiger partial charge in [-0.1, -0.05) is 12.8 Å². The third-order valence-electron chi connectivity index (χ3n) is 5.31. The molecule has 1 N–H and O–H groups in total. The minimum Gasteiger partial charge on any atom is -0.316 e. The highest BCUT2D eigenvalue weighted by molar-refractivity contribution is 5.28. The van der Waals surface area contributed by atoms with E-state index in [9.17, 15) is 13.2 Å². The van der Waals surface area contributed by atoms with E-state index in [1.54, 1.807) is 4.57 Å². The molecule has 0 amide bonds. The van der Waals surface area contributed by atoms with Crippen LogP contribution in [0.1, 0.15) is 61.7 Å². The SMILES string of the molecule is FC(F)(F)C1(n2c(C3CCCC3)nc3c2CCNC3)CC1. The lowest BCUT2D eigenvalue weighted by molar-refractivity contribution is -0.181. The summed E-state index contributed by atoms with van der Waals surface area (Å²) in [6.45, 7) is 1.35. The predicted octanol–water partition coefficient (Wildman–Crippen LogP) is 3.24. The second kappa shape index (κ2) is 4.48. The topological polar surface area (TPSA) is 29.9 Å². The van der Waals surface area contributed by atoms with Crippen molar-refractivity contribution in [1.82, 2.24) is 14.9 Å². The monoisotopic (exact) mass is 299 g/mol. The second-order valence-electron chi connectivity index (χ2n) is 6.64. The molecule has 2 saturated carbocycles. The van der Waals surface area contributed by atoms with Gasteiger partial charge in [-0.05, 0) is 25.7 Å². The van der Waals surface area contributed by atoms with Crippen molar-refractivity contribution in [3.05, 3.63) is 17.2 Å². The van der Waals surface area contributed by atoms with Crippen molar-refractivity contribution >= 4 is 0 Å². The van der Waals surface area contributed by atoms with E-state index in [2.05, 4.69) is 10.3 Å². The van der Waals surface area contributed by atoms with Gasteiger partial charge in [0.25, 0.3) is 0 Å². The van der Waals surface area contributed by atoms with E-state index in [0.29, 0.717) is 13.0 Å². The first-order chi connectivity index (χ1) is 10.0. The molecule has 0 spiro atoms. The molecule has 3 nitrogen and oxygen atoms in total. The summed E-state index contributed by atoms with van der Waals surface area (Å²) in [6, 6.07) is 0. The Bertz CT molecular complexity index is 551. The van der Waals surface area contributed by atoms with Crippen LogP contribution >= 0.6 is 0 Å². The van der Waals surface area contributed by atoms with Gasteiger partial charge < -0.3 is 9.88 Å². The van der Waals surface area contributed by atoms with Crippen LogP contribution in [0.25, 0.3) is 0 Å². The van der Waals surface area contributed by atoms with E-state index < -0.39 is 11.7 Å². The minimum absolute atomic E-state index is 0.215. The van der Waals surface area contributed by atoms with Gasteiger partial charge in [-0.2, -0.15) is 13.2 Å². The Morgan fingerprint density at radius 3 is 2.52 bits per heavy atom. The molecular formula is C15H20F3N3. The molecule has 0 atom stereocenters. The van der Waals surface area contributed by atoms with Crippen LogP contribution in [-0.2, 0) is 18.5 Å². The Hall–Kier alpha value is -1.04. The Morgan fingerprint density at radius 1 is 1.19 bits per heavy atom. The molecule has 2 aliphatic carbocycles. The maximum Gasteiger partial charge on any atom is 0.411 e. The highest BCUT2D eigenvalue weighted by atomic mass is 19.4. The van der Waals surface area contributed by atoms with Crippen LogP contribution in [0.3, 0.4) is 0 Å². The average molecular weight is 299 g/mol. The molecule has 0 saturated heterocycles. The van der Waals surface area contributed by atoms with Crippen molar-refractivity contribution in [2.45, 2.75) is 69.1 Å². The van der Waals surface area contributed by atoms with Crippen LogP contribution in [0.5, 0.6) is 0 Å². The fraction of sp³-hybridized carbons (Fsp3) is 0.800. The van der Waals surface area contributed by atoms with Crippen molar-refractivity contribution in [2.75, 3.05) is 6.54 Å². The summed E-state index contributed by atoms with van der Waals surface area (Å²) in [5.74, 6) is 0.937. The number of alkyl halides is 3. The molecule has 3 aliphatic rings. The van der Waals surface area contributed by atoms with Crippen molar-refractivity contribution in [2.24, 2.45) is 0 Å². The van der Waals surface area contributed by atoms with E-state index in [0.717, 1.165) is 49.4 Å². The molecule has 1 aromatic rings. The number of nitrogens with zero attached hydrogens (tertiary/aromatic N) is 2. The van der Waals surface area contributed by atoms with E-state index in [4.69, 9.17) is 0 Å². The third kappa shape index (κ3) is 1.94. The summed E-state index contributed by atoms with van der Waals surface area (Å²) in [5.41, 5.74) is 0.0344. The number of nitrogens with one attached hydrogen (secondary N) is 1. The molecule has 1 aromatic heterocycles. The summed E-state index contributed by atoms with van der Waals surface area (Å²) in [6.07, 6.45) is 1.11.